The first-order valence-electron chi connectivity index (χ1n) is 4.49. The number of aliphatic hydroxyl groups is 1. The van der Waals surface area contributed by atoms with Crippen LogP contribution in [-0.4, -0.2) is 26.2 Å². The molecule has 0 radical (unpaired) electrons. The van der Waals surface area contributed by atoms with Gasteiger partial charge in [0.1, 0.15) is 11.9 Å². The van der Waals surface area contributed by atoms with Crippen molar-refractivity contribution in [3.05, 3.63) is 29.6 Å². The number of aromatic carboxylic acids is 1. The van der Waals surface area contributed by atoms with Gasteiger partial charge in [0.15, 0.2) is 0 Å². The molecule has 0 aliphatic carbocycles. The first kappa shape index (κ1) is 12.5. The molecule has 6 heteroatoms. The van der Waals surface area contributed by atoms with Gasteiger partial charge in [-0.2, -0.15) is 0 Å². The summed E-state index contributed by atoms with van der Waals surface area (Å²) in [7, 11) is 0. The van der Waals surface area contributed by atoms with Crippen molar-refractivity contribution in [3.63, 3.8) is 0 Å². The van der Waals surface area contributed by atoms with Gasteiger partial charge < -0.3 is 15.2 Å². The molecule has 16 heavy (non-hydrogen) atoms. The number of benzene rings is 1. The second-order valence-corrected chi connectivity index (χ2v) is 3.34. The zero-order chi connectivity index (χ0) is 11.0. The molecule has 0 aliphatic heterocycles. The topological polar surface area (TPSA) is 86.2 Å². The number of carboxylic acid groups (broad SMARTS) is 1. The third kappa shape index (κ3) is 2.15. The number of aliphatic hydroxyl groups excluding tert-OH is 1. The van der Waals surface area contributed by atoms with Gasteiger partial charge in [0.05, 0.1) is 16.6 Å². The fourth-order valence-electron chi connectivity index (χ4n) is 1.36. The smallest absolute Gasteiger partial charge is 0.335 e. The van der Waals surface area contributed by atoms with E-state index in [9.17, 15) is 9.90 Å². The molecule has 0 fully saturated rings. The minimum absolute atomic E-state index is 0. The molecule has 1 aromatic heterocycles. The molecule has 0 aliphatic rings. The van der Waals surface area contributed by atoms with Crippen molar-refractivity contribution in [2.45, 2.75) is 13.0 Å². The maximum Gasteiger partial charge on any atom is 0.335 e. The molecular weight excluding hydrogens is 232 g/mol. The molecule has 1 heterocycles. The van der Waals surface area contributed by atoms with Gasteiger partial charge in [-0.25, -0.2) is 9.78 Å². The maximum atomic E-state index is 10.7. The van der Waals surface area contributed by atoms with E-state index in [4.69, 9.17) is 5.11 Å². The Morgan fingerprint density at radius 2 is 2.19 bits per heavy atom. The summed E-state index contributed by atoms with van der Waals surface area (Å²) in [6.45, 7) is 1.59. The van der Waals surface area contributed by atoms with Gasteiger partial charge in [0, 0.05) is 0 Å². The number of carboxylic acids is 1. The third-order valence-corrected chi connectivity index (χ3v) is 2.14. The summed E-state index contributed by atoms with van der Waals surface area (Å²) in [5.41, 5.74) is 1.46. The molecule has 2 aromatic rings. The van der Waals surface area contributed by atoms with Crippen LogP contribution in [0.3, 0.4) is 0 Å². The quantitative estimate of drug-likeness (QED) is 0.749. The molecule has 0 bridgehead atoms. The Morgan fingerprint density at radius 1 is 1.50 bits per heavy atom. The summed E-state index contributed by atoms with van der Waals surface area (Å²) in [5, 5.41) is 18.1. The molecule has 5 nitrogen and oxygen atoms in total. The number of imidazole rings is 1. The number of nitrogens with one attached hydrogen (secondary N) is 1. The van der Waals surface area contributed by atoms with Crippen LogP contribution in [0.4, 0.5) is 0 Å². The van der Waals surface area contributed by atoms with E-state index in [1.807, 2.05) is 0 Å². The van der Waals surface area contributed by atoms with E-state index in [1.54, 1.807) is 13.0 Å². The standard InChI is InChI=1S/C10H10N2O3.ClH/c1-5(13)9-11-7-3-2-6(10(14)15)4-8(7)12-9;/h2-5,13H,1H3,(H,11,12)(H,14,15);1H. The number of H-pyrrole nitrogens is 1. The number of hydrogen-bond acceptors (Lipinski definition) is 3. The second-order valence-electron chi connectivity index (χ2n) is 3.34. The molecule has 86 valence electrons. The minimum atomic E-state index is -0.981. The summed E-state index contributed by atoms with van der Waals surface area (Å²) in [6, 6.07) is 4.59. The van der Waals surface area contributed by atoms with E-state index >= 15 is 0 Å². The Morgan fingerprint density at radius 3 is 2.75 bits per heavy atom. The molecule has 3 N–H and O–H groups in total. The van der Waals surface area contributed by atoms with Crippen LogP contribution in [0, 0.1) is 0 Å². The number of nitrogens with zero attached hydrogens (tertiary/aromatic N) is 1. The van der Waals surface area contributed by atoms with Crippen molar-refractivity contribution in [1.29, 1.82) is 0 Å². The molecule has 0 amide bonds. The monoisotopic (exact) mass is 242 g/mol. The van der Waals surface area contributed by atoms with E-state index < -0.39 is 12.1 Å². The molecule has 1 aromatic carbocycles. The van der Waals surface area contributed by atoms with Gasteiger partial charge in [0.25, 0.3) is 0 Å². The van der Waals surface area contributed by atoms with Crippen LogP contribution in [0.5, 0.6) is 0 Å². The lowest BCUT2D eigenvalue weighted by atomic mass is 10.2. The van der Waals surface area contributed by atoms with Crippen LogP contribution in [-0.2, 0) is 0 Å². The predicted molar refractivity (Wildman–Crippen MR) is 60.9 cm³/mol. The average Bonchev–Trinajstić information content (AvgIpc) is 2.59. The zero-order valence-electron chi connectivity index (χ0n) is 8.47. The number of hydrogen-bond donors (Lipinski definition) is 3. The Labute approximate surface area is 97.5 Å². The highest BCUT2D eigenvalue weighted by atomic mass is 35.5. The number of carbonyl (C=O) groups is 1. The van der Waals surface area contributed by atoms with Crippen LogP contribution in [0.2, 0.25) is 0 Å². The van der Waals surface area contributed by atoms with Crippen molar-refractivity contribution < 1.29 is 15.0 Å². The van der Waals surface area contributed by atoms with Crippen LogP contribution >= 0.6 is 12.4 Å². The van der Waals surface area contributed by atoms with Crippen molar-refractivity contribution in [1.82, 2.24) is 9.97 Å². The summed E-state index contributed by atoms with van der Waals surface area (Å²) in [4.78, 5) is 17.7. The van der Waals surface area contributed by atoms with Crippen LogP contribution in [0.25, 0.3) is 11.0 Å². The SMILES string of the molecule is CC(O)c1nc2ccc(C(=O)O)cc2[nH]1.Cl. The van der Waals surface area contributed by atoms with Crippen molar-refractivity contribution >= 4 is 29.4 Å². The lowest BCUT2D eigenvalue weighted by Crippen LogP contribution is -1.94. The van der Waals surface area contributed by atoms with Gasteiger partial charge >= 0.3 is 5.97 Å². The van der Waals surface area contributed by atoms with Crippen molar-refractivity contribution in [2.75, 3.05) is 0 Å². The largest absolute Gasteiger partial charge is 0.478 e. The van der Waals surface area contributed by atoms with Crippen molar-refractivity contribution in [3.8, 4) is 0 Å². The average molecular weight is 243 g/mol. The Balaban J connectivity index is 0.00000128. The maximum absolute atomic E-state index is 10.7. The predicted octanol–water partition coefficient (Wildman–Crippen LogP) is 1.74. The second kappa shape index (κ2) is 4.51. The molecular formula is C10H11ClN2O3. The highest BCUT2D eigenvalue weighted by Crippen LogP contribution is 2.17. The number of aromatic amines is 1. The van der Waals surface area contributed by atoms with Gasteiger partial charge in [0.2, 0.25) is 0 Å². The van der Waals surface area contributed by atoms with Gasteiger partial charge in [-0.15, -0.1) is 12.4 Å². The Hall–Kier alpha value is -1.59. The molecule has 0 saturated carbocycles. The molecule has 0 saturated heterocycles. The highest BCUT2D eigenvalue weighted by molar-refractivity contribution is 5.92. The summed E-state index contributed by atoms with van der Waals surface area (Å²) >= 11 is 0. The van der Waals surface area contributed by atoms with Gasteiger partial charge in [-0.1, -0.05) is 0 Å². The summed E-state index contributed by atoms with van der Waals surface area (Å²) in [5.74, 6) is -0.544. The van der Waals surface area contributed by atoms with E-state index in [0.717, 1.165) is 0 Å². The summed E-state index contributed by atoms with van der Waals surface area (Å²) in [6.07, 6.45) is -0.689. The molecule has 2 rings (SSSR count). The first-order valence-corrected chi connectivity index (χ1v) is 4.49. The van der Waals surface area contributed by atoms with Gasteiger partial charge in [-0.05, 0) is 25.1 Å². The number of rotatable bonds is 2. The molecule has 1 atom stereocenters. The fourth-order valence-corrected chi connectivity index (χ4v) is 1.36. The number of halogens is 1. The van der Waals surface area contributed by atoms with Crippen LogP contribution < -0.4 is 0 Å². The van der Waals surface area contributed by atoms with E-state index in [2.05, 4.69) is 9.97 Å². The highest BCUT2D eigenvalue weighted by Gasteiger charge is 2.09. The lowest BCUT2D eigenvalue weighted by Gasteiger charge is -1.95. The van der Waals surface area contributed by atoms with Crippen LogP contribution in [0.15, 0.2) is 18.2 Å². The van der Waals surface area contributed by atoms with E-state index in [-0.39, 0.29) is 18.0 Å². The van der Waals surface area contributed by atoms with E-state index in [0.29, 0.717) is 16.9 Å². The molecule has 1 unspecified atom stereocenters. The number of fused-ring (bicyclic) bond motifs is 1. The van der Waals surface area contributed by atoms with Crippen molar-refractivity contribution in [2.24, 2.45) is 0 Å². The zero-order valence-corrected chi connectivity index (χ0v) is 9.28. The summed E-state index contributed by atoms with van der Waals surface area (Å²) < 4.78 is 0. The Bertz CT molecular complexity index is 522. The van der Waals surface area contributed by atoms with E-state index in [1.165, 1.54) is 12.1 Å². The first-order chi connectivity index (χ1) is 7.08. The fraction of sp³-hybridized carbons (Fsp3) is 0.200. The minimum Gasteiger partial charge on any atom is -0.478 e. The number of aromatic nitrogens is 2. The lowest BCUT2D eigenvalue weighted by molar-refractivity contribution is 0.0697. The van der Waals surface area contributed by atoms with Crippen LogP contribution in [0.1, 0.15) is 29.2 Å². The molecule has 0 spiro atoms. The third-order valence-electron chi connectivity index (χ3n) is 2.14. The normalized spacial score (nSPS) is 12.1. The Kier molecular flexibility index (Phi) is 3.51. The van der Waals surface area contributed by atoms with Gasteiger partial charge in [-0.3, -0.25) is 0 Å².